The zero-order chi connectivity index (χ0) is 16.4. The fourth-order valence-corrected chi connectivity index (χ4v) is 4.06. The normalized spacial score (nSPS) is 13.9. The molecule has 2 N–H and O–H groups in total. The van der Waals surface area contributed by atoms with Gasteiger partial charge in [-0.3, -0.25) is 4.79 Å². The summed E-state index contributed by atoms with van der Waals surface area (Å²) in [7, 11) is 0. The second kappa shape index (κ2) is 6.94. The highest BCUT2D eigenvalue weighted by molar-refractivity contribution is 7.99. The summed E-state index contributed by atoms with van der Waals surface area (Å²) in [6, 6.07) is 4.74. The summed E-state index contributed by atoms with van der Waals surface area (Å²) in [5.41, 5.74) is 1.55. The van der Waals surface area contributed by atoms with E-state index in [1.165, 1.54) is 12.1 Å². The number of benzene rings is 1. The molecule has 0 spiro atoms. The molecule has 1 aliphatic rings. The van der Waals surface area contributed by atoms with Gasteiger partial charge in [0.05, 0.1) is 5.69 Å². The minimum Gasteiger partial charge on any atom is -0.319 e. The number of carbonyl (C=O) groups is 1. The van der Waals surface area contributed by atoms with Crippen molar-refractivity contribution in [1.29, 1.82) is 0 Å². The van der Waals surface area contributed by atoms with Crippen molar-refractivity contribution < 1.29 is 18.0 Å². The zero-order valence-corrected chi connectivity index (χ0v) is 13.5. The molecule has 1 aromatic heterocycles. The highest BCUT2D eigenvalue weighted by Gasteiger charge is 2.21. The Morgan fingerprint density at radius 1 is 1.35 bits per heavy atom. The average molecular weight is 358 g/mol. The Hall–Kier alpha value is -1.51. The number of thioether (sulfide) groups is 1. The number of halogens is 3. The minimum absolute atomic E-state index is 0.0806. The molecule has 0 saturated heterocycles. The lowest BCUT2D eigenvalue weighted by Gasteiger charge is -2.19. The number of rotatable bonds is 4. The molecule has 0 bridgehead atoms. The highest BCUT2D eigenvalue weighted by atomic mass is 32.2. The van der Waals surface area contributed by atoms with Crippen LogP contribution in [-0.4, -0.2) is 18.2 Å². The summed E-state index contributed by atoms with van der Waals surface area (Å²) in [5, 5.41) is 7.21. The summed E-state index contributed by atoms with van der Waals surface area (Å²) in [6.45, 7) is 1.28. The Morgan fingerprint density at radius 3 is 2.96 bits per heavy atom. The van der Waals surface area contributed by atoms with E-state index in [0.717, 1.165) is 16.9 Å². The lowest BCUT2D eigenvalue weighted by molar-refractivity contribution is 0.102. The topological polar surface area (TPSA) is 41.1 Å². The number of hydrogen-bond donors (Lipinski definition) is 2. The third-order valence-electron chi connectivity index (χ3n) is 3.51. The molecule has 0 saturated carbocycles. The highest BCUT2D eigenvalue weighted by Crippen LogP contribution is 2.33. The lowest BCUT2D eigenvalue weighted by Crippen LogP contribution is -2.25. The molecule has 0 atom stereocenters. The first-order valence-electron chi connectivity index (χ1n) is 6.91. The van der Waals surface area contributed by atoms with Crippen LogP contribution < -0.4 is 10.6 Å². The number of anilines is 1. The van der Waals surface area contributed by atoms with Crippen molar-refractivity contribution in [2.75, 3.05) is 11.9 Å². The van der Waals surface area contributed by atoms with E-state index in [-0.39, 0.29) is 15.5 Å². The molecule has 0 radical (unpaired) electrons. The molecule has 1 amide bonds. The molecule has 0 fully saturated rings. The molecular weight excluding hydrogens is 345 g/mol. The van der Waals surface area contributed by atoms with Crippen LogP contribution in [0.25, 0.3) is 0 Å². The summed E-state index contributed by atoms with van der Waals surface area (Å²) >= 11 is 1.37. The zero-order valence-electron chi connectivity index (χ0n) is 11.9. The fraction of sp³-hybridized carbons (Fsp3) is 0.267. The molecular formula is C15H13F3N2OS2. The number of hydrogen-bond acceptors (Lipinski definition) is 4. The van der Waals surface area contributed by atoms with Gasteiger partial charge in [0.2, 0.25) is 0 Å². The van der Waals surface area contributed by atoms with Crippen molar-refractivity contribution in [3.8, 4) is 0 Å². The van der Waals surface area contributed by atoms with E-state index in [4.69, 9.17) is 0 Å². The molecule has 0 aliphatic carbocycles. The van der Waals surface area contributed by atoms with Gasteiger partial charge in [-0.15, -0.1) is 11.3 Å². The van der Waals surface area contributed by atoms with E-state index in [9.17, 15) is 18.0 Å². The monoisotopic (exact) mass is 358 g/mol. The van der Waals surface area contributed by atoms with E-state index >= 15 is 0 Å². The van der Waals surface area contributed by atoms with Gasteiger partial charge >= 0.3 is 0 Å². The van der Waals surface area contributed by atoms with E-state index in [2.05, 4.69) is 10.6 Å². The quantitative estimate of drug-likeness (QED) is 0.809. The third kappa shape index (κ3) is 3.54. The summed E-state index contributed by atoms with van der Waals surface area (Å²) in [5.74, 6) is -3.63. The minimum atomic E-state index is -2.61. The van der Waals surface area contributed by atoms with Crippen LogP contribution in [0.4, 0.5) is 18.9 Å². The van der Waals surface area contributed by atoms with Crippen molar-refractivity contribution in [2.45, 2.75) is 23.6 Å². The first-order chi connectivity index (χ1) is 11.1. The van der Waals surface area contributed by atoms with Crippen LogP contribution in [0, 0.1) is 5.82 Å². The second-order valence-electron chi connectivity index (χ2n) is 4.94. The van der Waals surface area contributed by atoms with Crippen molar-refractivity contribution in [3.63, 3.8) is 0 Å². The smallest absolute Gasteiger partial charge is 0.288 e. The van der Waals surface area contributed by atoms with Gasteiger partial charge in [-0.2, -0.15) is 8.78 Å². The standard InChI is InChI=1S/C15H13F3N2OS2/c16-12-9-3-5-19-7-8(9)1-2-10(12)20-14(21)13-11(4-6-22-13)23-15(17)18/h1-2,4,6,15,19H,3,5,7H2,(H,20,21). The third-order valence-corrected chi connectivity index (χ3v) is 5.32. The summed E-state index contributed by atoms with van der Waals surface area (Å²) in [6.07, 6.45) is 0.552. The van der Waals surface area contributed by atoms with Crippen molar-refractivity contribution in [2.24, 2.45) is 0 Å². The molecule has 3 nitrogen and oxygen atoms in total. The van der Waals surface area contributed by atoms with Gasteiger partial charge in [0.25, 0.3) is 11.7 Å². The summed E-state index contributed by atoms with van der Waals surface area (Å²) < 4.78 is 39.5. The van der Waals surface area contributed by atoms with Crippen LogP contribution in [0.1, 0.15) is 20.8 Å². The lowest BCUT2D eigenvalue weighted by atomic mass is 9.99. The first-order valence-corrected chi connectivity index (χ1v) is 8.67. The van der Waals surface area contributed by atoms with E-state index in [1.807, 2.05) is 0 Å². The molecule has 2 heterocycles. The first kappa shape index (κ1) is 16.4. The van der Waals surface area contributed by atoms with Gasteiger partial charge in [0, 0.05) is 11.4 Å². The average Bonchev–Trinajstić information content (AvgIpc) is 2.98. The predicted molar refractivity (Wildman–Crippen MR) is 85.9 cm³/mol. The predicted octanol–water partition coefficient (Wildman–Crippen LogP) is 4.10. The van der Waals surface area contributed by atoms with Crippen LogP contribution in [0.15, 0.2) is 28.5 Å². The maximum atomic E-state index is 14.5. The second-order valence-corrected chi connectivity index (χ2v) is 6.89. The molecule has 2 aromatic rings. The SMILES string of the molecule is O=C(Nc1ccc2c(c1F)CCNC2)c1sccc1SC(F)F. The van der Waals surface area contributed by atoms with E-state index in [1.54, 1.807) is 11.4 Å². The van der Waals surface area contributed by atoms with Gasteiger partial charge in [0.1, 0.15) is 10.7 Å². The maximum Gasteiger partial charge on any atom is 0.288 e. The Morgan fingerprint density at radius 2 is 2.17 bits per heavy atom. The Balaban J connectivity index is 1.82. The number of thiophene rings is 1. The Labute approximate surface area is 139 Å². The van der Waals surface area contributed by atoms with Crippen LogP contribution in [-0.2, 0) is 13.0 Å². The number of nitrogens with one attached hydrogen (secondary N) is 2. The number of fused-ring (bicyclic) bond motifs is 1. The van der Waals surface area contributed by atoms with Gasteiger partial charge < -0.3 is 10.6 Å². The molecule has 3 rings (SSSR count). The molecule has 1 aliphatic heterocycles. The van der Waals surface area contributed by atoms with Crippen LogP contribution >= 0.6 is 23.1 Å². The van der Waals surface area contributed by atoms with Crippen LogP contribution in [0.2, 0.25) is 0 Å². The number of carbonyl (C=O) groups excluding carboxylic acids is 1. The Kier molecular flexibility index (Phi) is 4.93. The molecule has 1 aromatic carbocycles. The van der Waals surface area contributed by atoms with Gasteiger partial charge in [-0.05, 0) is 41.6 Å². The maximum absolute atomic E-state index is 14.5. The van der Waals surface area contributed by atoms with E-state index in [0.29, 0.717) is 36.8 Å². The van der Waals surface area contributed by atoms with Crippen molar-refractivity contribution in [3.05, 3.63) is 45.4 Å². The Bertz CT molecular complexity index is 734. The molecule has 23 heavy (non-hydrogen) atoms. The number of alkyl halides is 2. The largest absolute Gasteiger partial charge is 0.319 e. The van der Waals surface area contributed by atoms with Gasteiger partial charge in [0.15, 0.2) is 0 Å². The fourth-order valence-electron chi connectivity index (χ4n) is 2.46. The molecule has 0 unspecified atom stereocenters. The van der Waals surface area contributed by atoms with Gasteiger partial charge in [-0.1, -0.05) is 17.8 Å². The van der Waals surface area contributed by atoms with Crippen LogP contribution in [0.5, 0.6) is 0 Å². The molecule has 122 valence electrons. The molecule has 8 heteroatoms. The van der Waals surface area contributed by atoms with Crippen molar-refractivity contribution in [1.82, 2.24) is 5.32 Å². The van der Waals surface area contributed by atoms with Crippen molar-refractivity contribution >= 4 is 34.7 Å². The van der Waals surface area contributed by atoms with Gasteiger partial charge in [-0.25, -0.2) is 4.39 Å². The van der Waals surface area contributed by atoms with Crippen LogP contribution in [0.3, 0.4) is 0 Å². The summed E-state index contributed by atoms with van der Waals surface area (Å²) in [4.78, 5) is 12.6. The number of amides is 1. The van der Waals surface area contributed by atoms with E-state index < -0.39 is 17.5 Å².